The van der Waals surface area contributed by atoms with Crippen LogP contribution in [0.5, 0.6) is 0 Å². The highest BCUT2D eigenvalue weighted by molar-refractivity contribution is 5.51. The minimum absolute atomic E-state index is 0.339. The maximum Gasteiger partial charge on any atom is 0.133 e. The van der Waals surface area contributed by atoms with Crippen molar-refractivity contribution in [3.8, 4) is 0 Å². The Balaban J connectivity index is 1.91. The molecule has 1 fully saturated rings. The second kappa shape index (κ2) is 4.86. The van der Waals surface area contributed by atoms with Crippen LogP contribution in [0.15, 0.2) is 6.07 Å². The summed E-state index contributed by atoms with van der Waals surface area (Å²) in [5.74, 6) is 1.10. The zero-order valence-corrected chi connectivity index (χ0v) is 11.0. The van der Waals surface area contributed by atoms with E-state index in [0.29, 0.717) is 12.6 Å². The van der Waals surface area contributed by atoms with Gasteiger partial charge in [0.1, 0.15) is 5.82 Å². The van der Waals surface area contributed by atoms with E-state index in [9.17, 15) is 0 Å². The molecule has 2 heterocycles. The highest BCUT2D eigenvalue weighted by Gasteiger charge is 2.26. The van der Waals surface area contributed by atoms with Crippen molar-refractivity contribution in [1.82, 2.24) is 4.98 Å². The number of rotatable bonds is 3. The van der Waals surface area contributed by atoms with Gasteiger partial charge >= 0.3 is 0 Å². The van der Waals surface area contributed by atoms with Crippen molar-refractivity contribution in [3.63, 3.8) is 0 Å². The van der Waals surface area contributed by atoms with Gasteiger partial charge in [-0.3, -0.25) is 0 Å². The number of pyridine rings is 1. The van der Waals surface area contributed by atoms with Gasteiger partial charge in [0.15, 0.2) is 0 Å². The number of aromatic nitrogens is 1. The van der Waals surface area contributed by atoms with Gasteiger partial charge in [0, 0.05) is 38.0 Å². The molecule has 1 unspecified atom stereocenters. The van der Waals surface area contributed by atoms with Crippen LogP contribution in [-0.2, 0) is 24.1 Å². The van der Waals surface area contributed by atoms with Crippen molar-refractivity contribution < 1.29 is 4.74 Å². The molecule has 1 atom stereocenters. The third kappa shape index (κ3) is 1.99. The molecule has 0 spiro atoms. The van der Waals surface area contributed by atoms with Crippen LogP contribution >= 0.6 is 0 Å². The molecule has 1 saturated heterocycles. The van der Waals surface area contributed by atoms with Crippen LogP contribution in [0.25, 0.3) is 0 Å². The van der Waals surface area contributed by atoms with Crippen LogP contribution in [0.2, 0.25) is 0 Å². The van der Waals surface area contributed by atoms with Crippen molar-refractivity contribution >= 4 is 5.82 Å². The molecule has 0 amide bonds. The molecule has 4 nitrogen and oxygen atoms in total. The summed E-state index contributed by atoms with van der Waals surface area (Å²) in [7, 11) is 1.79. The number of nitrogens with zero attached hydrogens (tertiary/aromatic N) is 2. The molecule has 2 aliphatic rings. The fraction of sp³-hybridized carbons (Fsp3) is 0.643. The third-order valence-electron chi connectivity index (χ3n) is 4.10. The standard InChI is InChI=1S/C14H21N3O/c1-18-12-5-6-17(9-12)14-11(8-15)7-10-3-2-4-13(10)16-14/h7,12H,2-6,8-9,15H2,1H3. The minimum atomic E-state index is 0.339. The molecule has 18 heavy (non-hydrogen) atoms. The van der Waals surface area contributed by atoms with Gasteiger partial charge < -0.3 is 15.4 Å². The number of methoxy groups -OCH3 is 1. The van der Waals surface area contributed by atoms with E-state index < -0.39 is 0 Å². The monoisotopic (exact) mass is 247 g/mol. The van der Waals surface area contributed by atoms with Crippen molar-refractivity contribution in [1.29, 1.82) is 0 Å². The summed E-state index contributed by atoms with van der Waals surface area (Å²) in [4.78, 5) is 7.19. The first-order valence-corrected chi connectivity index (χ1v) is 6.81. The SMILES string of the molecule is COC1CCN(c2nc3c(cc2CN)CCC3)C1. The summed E-state index contributed by atoms with van der Waals surface area (Å²) >= 11 is 0. The Morgan fingerprint density at radius 3 is 3.11 bits per heavy atom. The summed E-state index contributed by atoms with van der Waals surface area (Å²) in [6.45, 7) is 2.54. The van der Waals surface area contributed by atoms with E-state index in [4.69, 9.17) is 15.5 Å². The number of nitrogens with two attached hydrogens (primary N) is 1. The van der Waals surface area contributed by atoms with E-state index in [1.807, 2.05) is 0 Å². The van der Waals surface area contributed by atoms with E-state index in [0.717, 1.165) is 38.2 Å². The van der Waals surface area contributed by atoms with Gasteiger partial charge in [-0.05, 0) is 37.3 Å². The smallest absolute Gasteiger partial charge is 0.133 e. The van der Waals surface area contributed by atoms with E-state index in [1.165, 1.54) is 23.2 Å². The molecule has 1 aliphatic carbocycles. The second-order valence-corrected chi connectivity index (χ2v) is 5.23. The largest absolute Gasteiger partial charge is 0.380 e. The first kappa shape index (κ1) is 11.9. The quantitative estimate of drug-likeness (QED) is 0.873. The number of aryl methyl sites for hydroxylation is 2. The third-order valence-corrected chi connectivity index (χ3v) is 4.10. The highest BCUT2D eigenvalue weighted by Crippen LogP contribution is 2.29. The molecule has 4 heteroatoms. The zero-order chi connectivity index (χ0) is 12.5. The van der Waals surface area contributed by atoms with Crippen LogP contribution in [0.4, 0.5) is 5.82 Å². The molecule has 1 aromatic heterocycles. The molecule has 1 aliphatic heterocycles. The molecule has 2 N–H and O–H groups in total. The Labute approximate surface area is 108 Å². The predicted octanol–water partition coefficient (Wildman–Crippen LogP) is 1.25. The molecular weight excluding hydrogens is 226 g/mol. The molecule has 3 rings (SSSR count). The first-order valence-electron chi connectivity index (χ1n) is 6.81. The Kier molecular flexibility index (Phi) is 3.22. The minimum Gasteiger partial charge on any atom is -0.380 e. The molecule has 0 aromatic carbocycles. The van der Waals surface area contributed by atoms with Crippen molar-refractivity contribution in [2.45, 2.75) is 38.3 Å². The number of anilines is 1. The van der Waals surface area contributed by atoms with E-state index in [1.54, 1.807) is 7.11 Å². The molecule has 0 bridgehead atoms. The lowest BCUT2D eigenvalue weighted by molar-refractivity contribution is 0.121. The van der Waals surface area contributed by atoms with Crippen molar-refractivity contribution in [2.75, 3.05) is 25.1 Å². The maximum absolute atomic E-state index is 5.88. The normalized spacial score (nSPS) is 22.6. The van der Waals surface area contributed by atoms with E-state index >= 15 is 0 Å². The highest BCUT2D eigenvalue weighted by atomic mass is 16.5. The van der Waals surface area contributed by atoms with Crippen molar-refractivity contribution in [2.24, 2.45) is 5.73 Å². The van der Waals surface area contributed by atoms with Gasteiger partial charge in [-0.2, -0.15) is 0 Å². The zero-order valence-electron chi connectivity index (χ0n) is 11.0. The van der Waals surface area contributed by atoms with Crippen LogP contribution in [0.3, 0.4) is 0 Å². The summed E-state index contributed by atoms with van der Waals surface area (Å²) in [5, 5.41) is 0. The number of ether oxygens (including phenoxy) is 1. The summed E-state index contributed by atoms with van der Waals surface area (Å²) in [5.41, 5.74) is 9.75. The van der Waals surface area contributed by atoms with Crippen LogP contribution in [0, 0.1) is 0 Å². The van der Waals surface area contributed by atoms with Crippen LogP contribution in [0.1, 0.15) is 29.7 Å². The average Bonchev–Trinajstić information content (AvgIpc) is 3.05. The first-order chi connectivity index (χ1) is 8.81. The summed E-state index contributed by atoms with van der Waals surface area (Å²) in [6, 6.07) is 2.27. The van der Waals surface area contributed by atoms with Gasteiger partial charge in [-0.25, -0.2) is 4.98 Å². The van der Waals surface area contributed by atoms with Crippen molar-refractivity contribution in [3.05, 3.63) is 22.9 Å². The van der Waals surface area contributed by atoms with E-state index in [2.05, 4.69) is 11.0 Å². The number of fused-ring (bicyclic) bond motifs is 1. The fourth-order valence-corrected chi connectivity index (χ4v) is 3.05. The molecule has 0 saturated carbocycles. The lowest BCUT2D eigenvalue weighted by Crippen LogP contribution is -2.25. The van der Waals surface area contributed by atoms with Gasteiger partial charge in [0.2, 0.25) is 0 Å². The van der Waals surface area contributed by atoms with Gasteiger partial charge in [-0.15, -0.1) is 0 Å². The Bertz CT molecular complexity index is 447. The Morgan fingerprint density at radius 1 is 1.50 bits per heavy atom. The summed E-state index contributed by atoms with van der Waals surface area (Å²) < 4.78 is 5.43. The number of hydrogen-bond acceptors (Lipinski definition) is 4. The number of hydrogen-bond donors (Lipinski definition) is 1. The lowest BCUT2D eigenvalue weighted by Gasteiger charge is -2.21. The van der Waals surface area contributed by atoms with Crippen LogP contribution < -0.4 is 10.6 Å². The molecular formula is C14H21N3O. The maximum atomic E-state index is 5.88. The average molecular weight is 247 g/mol. The second-order valence-electron chi connectivity index (χ2n) is 5.23. The molecule has 1 aromatic rings. The van der Waals surface area contributed by atoms with Gasteiger partial charge in [0.05, 0.1) is 6.10 Å². The molecule has 98 valence electrons. The van der Waals surface area contributed by atoms with Gasteiger partial charge in [-0.1, -0.05) is 0 Å². The van der Waals surface area contributed by atoms with Crippen LogP contribution in [-0.4, -0.2) is 31.3 Å². The van der Waals surface area contributed by atoms with Gasteiger partial charge in [0.25, 0.3) is 0 Å². The lowest BCUT2D eigenvalue weighted by atomic mass is 10.1. The predicted molar refractivity (Wildman–Crippen MR) is 71.8 cm³/mol. The fourth-order valence-electron chi connectivity index (χ4n) is 3.05. The van der Waals surface area contributed by atoms with E-state index in [-0.39, 0.29) is 0 Å². The Morgan fingerprint density at radius 2 is 2.39 bits per heavy atom. The molecule has 0 radical (unpaired) electrons. The summed E-state index contributed by atoms with van der Waals surface area (Å²) in [6.07, 6.45) is 4.94. The topological polar surface area (TPSA) is 51.4 Å². The Hall–Kier alpha value is -1.13.